The van der Waals surface area contributed by atoms with E-state index in [0.29, 0.717) is 66.9 Å². The summed E-state index contributed by atoms with van der Waals surface area (Å²) < 4.78 is 64.6. The quantitative estimate of drug-likeness (QED) is 0.111. The largest absolute Gasteiger partial charge is 0.307 e. The highest BCUT2D eigenvalue weighted by molar-refractivity contribution is 6.28. The molecule has 66 heavy (non-hydrogen) atoms. The highest BCUT2D eigenvalue weighted by Crippen LogP contribution is 2.49. The zero-order chi connectivity index (χ0) is 45.6. The fourth-order valence-electron chi connectivity index (χ4n) is 8.72. The number of anilines is 6. The summed E-state index contributed by atoms with van der Waals surface area (Å²) in [5.74, 6) is -3.35. The number of halogens is 4. The molecule has 0 heterocycles. The van der Waals surface area contributed by atoms with Crippen LogP contribution in [0.15, 0.2) is 170 Å². The van der Waals surface area contributed by atoms with Crippen molar-refractivity contribution >= 4 is 66.4 Å². The van der Waals surface area contributed by atoms with Crippen LogP contribution in [0.2, 0.25) is 0 Å². The maximum atomic E-state index is 16.5. The number of nitriles is 4. The average molecular weight is 861 g/mol. The molecule has 10 rings (SSSR count). The molecule has 0 radical (unpaired) electrons. The van der Waals surface area contributed by atoms with Crippen LogP contribution in [0.4, 0.5) is 51.7 Å². The minimum Gasteiger partial charge on any atom is -0.307 e. The van der Waals surface area contributed by atoms with Crippen molar-refractivity contribution in [2.45, 2.75) is 0 Å². The lowest BCUT2D eigenvalue weighted by atomic mass is 9.91. The molecule has 0 aliphatic rings. The first kappa shape index (κ1) is 40.6. The molecule has 0 amide bonds. The van der Waals surface area contributed by atoms with Gasteiger partial charge in [-0.05, 0) is 130 Å². The van der Waals surface area contributed by atoms with Gasteiger partial charge in [-0.2, -0.15) is 21.0 Å². The minimum absolute atomic E-state index is 0.00378. The van der Waals surface area contributed by atoms with Gasteiger partial charge in [-0.3, -0.25) is 0 Å². The molecule has 0 aliphatic carbocycles. The molecule has 0 N–H and O–H groups in total. The molecule has 0 unspecified atom stereocenters. The summed E-state index contributed by atoms with van der Waals surface area (Å²) in [4.78, 5) is 3.33. The van der Waals surface area contributed by atoms with Crippen molar-refractivity contribution in [3.63, 3.8) is 0 Å². The molecule has 0 atom stereocenters. The number of nitrogens with zero attached hydrogens (tertiary/aromatic N) is 6. The van der Waals surface area contributed by atoms with Crippen molar-refractivity contribution in [2.24, 2.45) is 0 Å². The van der Waals surface area contributed by atoms with Crippen molar-refractivity contribution < 1.29 is 17.6 Å². The minimum atomic E-state index is -0.858. The molecule has 0 bridgehead atoms. The first-order valence-electron chi connectivity index (χ1n) is 20.5. The summed E-state index contributed by atoms with van der Waals surface area (Å²) in [6.07, 6.45) is 0. The second kappa shape index (κ2) is 16.3. The third-order valence-electron chi connectivity index (χ3n) is 11.8. The molecule has 310 valence electrons. The van der Waals surface area contributed by atoms with Crippen LogP contribution in [0.3, 0.4) is 0 Å². The topological polar surface area (TPSA) is 102 Å². The van der Waals surface area contributed by atoms with Gasteiger partial charge >= 0.3 is 0 Å². The zero-order valence-electron chi connectivity index (χ0n) is 34.4. The fourth-order valence-corrected chi connectivity index (χ4v) is 8.72. The van der Waals surface area contributed by atoms with E-state index in [2.05, 4.69) is 24.3 Å². The highest BCUT2D eigenvalue weighted by atomic mass is 19.1. The fraction of sp³-hybridized carbons (Fsp3) is 0. The summed E-state index contributed by atoms with van der Waals surface area (Å²) in [6, 6.07) is 54.1. The lowest BCUT2D eigenvalue weighted by molar-refractivity contribution is 0.586. The second-order valence-corrected chi connectivity index (χ2v) is 15.5. The van der Waals surface area contributed by atoms with E-state index in [1.54, 1.807) is 94.7 Å². The Hall–Kier alpha value is -9.48. The Bertz CT molecular complexity index is 3520. The molecule has 10 aromatic carbocycles. The average Bonchev–Trinajstić information content (AvgIpc) is 3.35. The monoisotopic (exact) mass is 860 g/mol. The van der Waals surface area contributed by atoms with Gasteiger partial charge in [0.15, 0.2) is 0 Å². The summed E-state index contributed by atoms with van der Waals surface area (Å²) >= 11 is 0. The van der Waals surface area contributed by atoms with Crippen LogP contribution >= 0.6 is 0 Å². The molecule has 0 spiro atoms. The molecule has 6 nitrogen and oxygen atoms in total. The van der Waals surface area contributed by atoms with E-state index in [-0.39, 0.29) is 22.5 Å². The van der Waals surface area contributed by atoms with Crippen LogP contribution in [0.5, 0.6) is 0 Å². The van der Waals surface area contributed by atoms with E-state index >= 15 is 17.6 Å². The normalized spacial score (nSPS) is 11.0. The van der Waals surface area contributed by atoms with Crippen LogP contribution < -0.4 is 9.80 Å². The van der Waals surface area contributed by atoms with Crippen LogP contribution in [0, 0.1) is 68.6 Å². The molecule has 0 aromatic heterocycles. The molecule has 0 saturated heterocycles. The number of hydrogen-bond donors (Lipinski definition) is 0. The maximum absolute atomic E-state index is 16.5. The Morgan fingerprint density at radius 3 is 1.09 bits per heavy atom. The van der Waals surface area contributed by atoms with Gasteiger partial charge in [0.25, 0.3) is 0 Å². The molecule has 0 aliphatic heterocycles. The van der Waals surface area contributed by atoms with Crippen LogP contribution in [-0.4, -0.2) is 0 Å². The molecular formula is C56H28F4N6. The van der Waals surface area contributed by atoms with E-state index in [9.17, 15) is 21.0 Å². The van der Waals surface area contributed by atoms with Gasteiger partial charge in [0, 0.05) is 45.4 Å². The molecular weight excluding hydrogens is 833 g/mol. The van der Waals surface area contributed by atoms with E-state index in [4.69, 9.17) is 0 Å². The zero-order valence-corrected chi connectivity index (χ0v) is 34.4. The van der Waals surface area contributed by atoms with Crippen LogP contribution in [0.1, 0.15) is 22.3 Å². The van der Waals surface area contributed by atoms with Crippen molar-refractivity contribution in [2.75, 3.05) is 9.80 Å². The lowest BCUT2D eigenvalue weighted by Gasteiger charge is -2.30. The van der Waals surface area contributed by atoms with E-state index in [1.165, 1.54) is 24.3 Å². The molecule has 0 saturated carbocycles. The van der Waals surface area contributed by atoms with Crippen molar-refractivity contribution in [1.29, 1.82) is 21.0 Å². The Labute approximate surface area is 375 Å². The second-order valence-electron chi connectivity index (χ2n) is 15.5. The van der Waals surface area contributed by atoms with Gasteiger partial charge in [-0.25, -0.2) is 17.6 Å². The van der Waals surface area contributed by atoms with Crippen molar-refractivity contribution in [3.05, 3.63) is 215 Å². The maximum Gasteiger partial charge on any atom is 0.150 e. The standard InChI is InChI=1S/C56H28F4N6/c57-47-27-49(59)53(25-45(47)39-5-1-3-35(23-39)31-63)65(41-15-7-33(29-61)8-16-41)51-21-13-37-12-20-44-52(22-14-38-11-19-43(51)55(37)56(38)44)66(42-17-9-34(30-62)10-18-42)54-26-46(48(58)28-50(54)60)40-6-2-4-36(24-40)32-64/h1-28H. The SMILES string of the molecule is N#Cc1ccc(N(c2cc(-c3cccc(C#N)c3)c(F)cc2F)c2ccc3ccc4c(N(c5ccc(C#N)cc5)c5cc(-c6cccc(C#N)c6)c(F)cc5F)ccc5ccc2c3c54)cc1. The summed E-state index contributed by atoms with van der Waals surface area (Å²) in [7, 11) is 0. The Morgan fingerprint density at radius 2 is 0.712 bits per heavy atom. The van der Waals surface area contributed by atoms with Gasteiger partial charge < -0.3 is 9.80 Å². The number of hydrogen-bond acceptors (Lipinski definition) is 6. The van der Waals surface area contributed by atoms with Crippen LogP contribution in [-0.2, 0) is 0 Å². The molecule has 10 heteroatoms. The molecule has 0 fully saturated rings. The van der Waals surface area contributed by atoms with Crippen LogP contribution in [0.25, 0.3) is 54.6 Å². The Kier molecular flexibility index (Phi) is 10.0. The summed E-state index contributed by atoms with van der Waals surface area (Å²) in [5, 5.41) is 43.1. The van der Waals surface area contributed by atoms with Gasteiger partial charge in [-0.1, -0.05) is 60.7 Å². The van der Waals surface area contributed by atoms with Crippen molar-refractivity contribution in [3.8, 4) is 46.5 Å². The smallest absolute Gasteiger partial charge is 0.150 e. The van der Waals surface area contributed by atoms with Crippen molar-refractivity contribution in [1.82, 2.24) is 0 Å². The summed E-state index contributed by atoms with van der Waals surface area (Å²) in [5.41, 5.74) is 4.26. The van der Waals surface area contributed by atoms with Gasteiger partial charge in [-0.15, -0.1) is 0 Å². The predicted molar refractivity (Wildman–Crippen MR) is 249 cm³/mol. The lowest BCUT2D eigenvalue weighted by Crippen LogP contribution is -2.14. The Morgan fingerprint density at radius 1 is 0.333 bits per heavy atom. The third kappa shape index (κ3) is 6.89. The third-order valence-corrected chi connectivity index (χ3v) is 11.8. The van der Waals surface area contributed by atoms with Gasteiger partial charge in [0.05, 0.1) is 69.3 Å². The van der Waals surface area contributed by atoms with E-state index in [1.807, 2.05) is 48.5 Å². The first-order valence-corrected chi connectivity index (χ1v) is 20.5. The Balaban J connectivity index is 1.23. The molecule has 10 aromatic rings. The summed E-state index contributed by atoms with van der Waals surface area (Å²) in [6.45, 7) is 0. The van der Waals surface area contributed by atoms with Gasteiger partial charge in [0.2, 0.25) is 0 Å². The van der Waals surface area contributed by atoms with E-state index in [0.717, 1.165) is 33.7 Å². The van der Waals surface area contributed by atoms with E-state index < -0.39 is 23.3 Å². The van der Waals surface area contributed by atoms with Gasteiger partial charge in [0.1, 0.15) is 23.3 Å². The highest BCUT2D eigenvalue weighted by Gasteiger charge is 2.26. The predicted octanol–water partition coefficient (Wildman–Crippen LogP) is 14.9. The number of benzene rings is 10. The number of rotatable bonds is 8. The first-order chi connectivity index (χ1) is 32.2.